The molecule has 1 amide bonds. The predicted molar refractivity (Wildman–Crippen MR) is 58.2 cm³/mol. The van der Waals surface area contributed by atoms with Gasteiger partial charge < -0.3 is 4.98 Å². The number of H-pyrrole nitrogens is 1. The lowest BCUT2D eigenvalue weighted by molar-refractivity contribution is -0.119. The van der Waals surface area contributed by atoms with Gasteiger partial charge in [-0.25, -0.2) is 4.98 Å². The van der Waals surface area contributed by atoms with E-state index in [0.717, 1.165) is 16.9 Å². The van der Waals surface area contributed by atoms with Gasteiger partial charge in [-0.05, 0) is 12.1 Å². The SMILES string of the molecule is N#CNC(=O)CCc1nc2ccccc2[nH]1. The average molecular weight is 214 g/mol. The molecule has 2 aromatic rings. The minimum Gasteiger partial charge on any atom is -0.342 e. The Morgan fingerprint density at radius 1 is 1.50 bits per heavy atom. The smallest absolute Gasteiger partial charge is 0.233 e. The molecule has 0 aliphatic heterocycles. The number of para-hydroxylation sites is 2. The number of carbonyl (C=O) groups excluding carboxylic acids is 1. The molecule has 2 N–H and O–H groups in total. The van der Waals surface area contributed by atoms with Crippen molar-refractivity contribution in [3.63, 3.8) is 0 Å². The van der Waals surface area contributed by atoms with Crippen molar-refractivity contribution in [3.05, 3.63) is 30.1 Å². The zero-order valence-corrected chi connectivity index (χ0v) is 8.53. The van der Waals surface area contributed by atoms with E-state index in [9.17, 15) is 4.79 Å². The van der Waals surface area contributed by atoms with Gasteiger partial charge in [0.2, 0.25) is 5.91 Å². The van der Waals surface area contributed by atoms with Crippen LogP contribution in [0.25, 0.3) is 11.0 Å². The Morgan fingerprint density at radius 3 is 3.06 bits per heavy atom. The molecule has 1 heterocycles. The molecule has 0 fully saturated rings. The van der Waals surface area contributed by atoms with Gasteiger partial charge in [0.05, 0.1) is 11.0 Å². The number of nitriles is 1. The zero-order chi connectivity index (χ0) is 11.4. The fourth-order valence-electron chi connectivity index (χ4n) is 1.48. The van der Waals surface area contributed by atoms with Gasteiger partial charge in [0.1, 0.15) is 5.82 Å². The number of nitrogens with one attached hydrogen (secondary N) is 2. The van der Waals surface area contributed by atoms with Crippen LogP contribution in [0.1, 0.15) is 12.2 Å². The normalized spacial score (nSPS) is 9.94. The number of aromatic amines is 1. The summed E-state index contributed by atoms with van der Waals surface area (Å²) in [6.45, 7) is 0. The lowest BCUT2D eigenvalue weighted by Gasteiger charge is -1.94. The quantitative estimate of drug-likeness (QED) is 0.592. The van der Waals surface area contributed by atoms with Gasteiger partial charge in [-0.15, -0.1) is 0 Å². The molecule has 16 heavy (non-hydrogen) atoms. The van der Waals surface area contributed by atoms with Crippen molar-refractivity contribution in [3.8, 4) is 6.19 Å². The molecule has 0 radical (unpaired) electrons. The maximum Gasteiger partial charge on any atom is 0.233 e. The minimum atomic E-state index is -0.289. The molecule has 2 rings (SSSR count). The lowest BCUT2D eigenvalue weighted by atomic mass is 10.3. The molecule has 1 aromatic heterocycles. The largest absolute Gasteiger partial charge is 0.342 e. The van der Waals surface area contributed by atoms with Gasteiger partial charge >= 0.3 is 0 Å². The first-order chi connectivity index (χ1) is 7.79. The van der Waals surface area contributed by atoms with Gasteiger partial charge in [-0.3, -0.25) is 10.1 Å². The highest BCUT2D eigenvalue weighted by Gasteiger charge is 2.05. The number of carbonyl (C=O) groups is 1. The van der Waals surface area contributed by atoms with Gasteiger partial charge in [0.15, 0.2) is 6.19 Å². The third-order valence-electron chi connectivity index (χ3n) is 2.22. The molecule has 0 atom stereocenters. The van der Waals surface area contributed by atoms with E-state index in [1.54, 1.807) is 6.19 Å². The highest BCUT2D eigenvalue weighted by atomic mass is 16.1. The summed E-state index contributed by atoms with van der Waals surface area (Å²) in [5, 5.41) is 10.3. The Hall–Kier alpha value is -2.35. The van der Waals surface area contributed by atoms with Crippen molar-refractivity contribution in [2.75, 3.05) is 0 Å². The summed E-state index contributed by atoms with van der Waals surface area (Å²) in [7, 11) is 0. The number of aromatic nitrogens is 2. The molecule has 0 unspecified atom stereocenters. The third-order valence-corrected chi connectivity index (χ3v) is 2.22. The van der Waals surface area contributed by atoms with E-state index in [-0.39, 0.29) is 12.3 Å². The molecule has 0 aliphatic carbocycles. The number of amides is 1. The topological polar surface area (TPSA) is 81.6 Å². The van der Waals surface area contributed by atoms with Crippen LogP contribution >= 0.6 is 0 Å². The van der Waals surface area contributed by atoms with Crippen molar-refractivity contribution < 1.29 is 4.79 Å². The van der Waals surface area contributed by atoms with Crippen LogP contribution in [0.4, 0.5) is 0 Å². The van der Waals surface area contributed by atoms with Gasteiger partial charge in [-0.2, -0.15) is 5.26 Å². The summed E-state index contributed by atoms with van der Waals surface area (Å²) in [4.78, 5) is 18.5. The van der Waals surface area contributed by atoms with E-state index in [1.165, 1.54) is 0 Å². The van der Waals surface area contributed by atoms with Crippen molar-refractivity contribution in [1.29, 1.82) is 5.26 Å². The van der Waals surface area contributed by atoms with Gasteiger partial charge in [0.25, 0.3) is 0 Å². The second kappa shape index (κ2) is 4.45. The Bertz CT molecular complexity index is 519. The third kappa shape index (κ3) is 2.17. The van der Waals surface area contributed by atoms with Crippen molar-refractivity contribution in [2.24, 2.45) is 0 Å². The summed E-state index contributed by atoms with van der Waals surface area (Å²) < 4.78 is 0. The summed E-state index contributed by atoms with van der Waals surface area (Å²) in [5.41, 5.74) is 1.84. The zero-order valence-electron chi connectivity index (χ0n) is 8.53. The van der Waals surface area contributed by atoms with E-state index < -0.39 is 0 Å². The number of hydrogen-bond donors (Lipinski definition) is 2. The van der Waals surface area contributed by atoms with Crippen molar-refractivity contribution in [2.45, 2.75) is 12.8 Å². The highest BCUT2D eigenvalue weighted by Crippen LogP contribution is 2.11. The van der Waals surface area contributed by atoms with Crippen LogP contribution in [-0.2, 0) is 11.2 Å². The lowest BCUT2D eigenvalue weighted by Crippen LogP contribution is -2.17. The van der Waals surface area contributed by atoms with E-state index in [1.807, 2.05) is 24.3 Å². The first-order valence-corrected chi connectivity index (χ1v) is 4.91. The number of fused-ring (bicyclic) bond motifs is 1. The van der Waals surface area contributed by atoms with E-state index in [4.69, 9.17) is 5.26 Å². The number of nitrogens with zero attached hydrogens (tertiary/aromatic N) is 2. The molecule has 0 aliphatic rings. The molecule has 5 nitrogen and oxygen atoms in total. The molecular formula is C11H10N4O. The van der Waals surface area contributed by atoms with Gasteiger partial charge in [-0.1, -0.05) is 12.1 Å². The predicted octanol–water partition coefficient (Wildman–Crippen LogP) is 1.09. The van der Waals surface area contributed by atoms with Crippen molar-refractivity contribution >= 4 is 16.9 Å². The van der Waals surface area contributed by atoms with E-state index in [2.05, 4.69) is 15.3 Å². The minimum absolute atomic E-state index is 0.257. The molecule has 0 saturated heterocycles. The second-order valence-corrected chi connectivity index (χ2v) is 3.36. The number of imidazole rings is 1. The Balaban J connectivity index is 2.05. The van der Waals surface area contributed by atoms with Crippen LogP contribution in [0.3, 0.4) is 0 Å². The molecule has 1 aromatic carbocycles. The van der Waals surface area contributed by atoms with Crippen LogP contribution in [0.15, 0.2) is 24.3 Å². The van der Waals surface area contributed by atoms with E-state index in [0.29, 0.717) is 6.42 Å². The monoisotopic (exact) mass is 214 g/mol. The summed E-state index contributed by atoms with van der Waals surface area (Å²) >= 11 is 0. The first kappa shape index (κ1) is 10.2. The van der Waals surface area contributed by atoms with Crippen molar-refractivity contribution in [1.82, 2.24) is 15.3 Å². The fourth-order valence-corrected chi connectivity index (χ4v) is 1.48. The van der Waals surface area contributed by atoms with Crippen LogP contribution in [0.5, 0.6) is 0 Å². The van der Waals surface area contributed by atoms with Crippen LogP contribution < -0.4 is 5.32 Å². The number of hydrogen-bond acceptors (Lipinski definition) is 3. The van der Waals surface area contributed by atoms with E-state index >= 15 is 0 Å². The molecule has 5 heteroatoms. The molecule has 0 saturated carbocycles. The summed E-state index contributed by atoms with van der Waals surface area (Å²) in [6.07, 6.45) is 2.36. The Labute approximate surface area is 92.1 Å². The highest BCUT2D eigenvalue weighted by molar-refractivity contribution is 5.78. The van der Waals surface area contributed by atoms with Crippen LogP contribution in [-0.4, -0.2) is 15.9 Å². The molecule has 80 valence electrons. The van der Waals surface area contributed by atoms with Gasteiger partial charge in [0, 0.05) is 12.8 Å². The second-order valence-electron chi connectivity index (χ2n) is 3.36. The molecule has 0 spiro atoms. The standard InChI is InChI=1S/C11H10N4O/c12-7-13-11(16)6-5-10-14-8-3-1-2-4-9(8)15-10/h1-4H,5-6H2,(H,13,16)(H,14,15). The van der Waals surface area contributed by atoms with Crippen LogP contribution in [0.2, 0.25) is 0 Å². The Morgan fingerprint density at radius 2 is 2.31 bits per heavy atom. The molecular weight excluding hydrogens is 204 g/mol. The average Bonchev–Trinajstić information content (AvgIpc) is 2.69. The maximum atomic E-state index is 11.1. The summed E-state index contributed by atoms with van der Waals surface area (Å²) in [5.74, 6) is 0.470. The number of benzene rings is 1. The Kier molecular flexibility index (Phi) is 2.83. The first-order valence-electron chi connectivity index (χ1n) is 4.91. The number of aryl methyl sites for hydroxylation is 1. The maximum absolute atomic E-state index is 11.1. The van der Waals surface area contributed by atoms with Crippen LogP contribution in [0, 0.1) is 11.5 Å². The molecule has 0 bridgehead atoms. The number of rotatable bonds is 3. The summed E-state index contributed by atoms with van der Waals surface area (Å²) in [6, 6.07) is 7.67. The fraction of sp³-hybridized carbons (Fsp3) is 0.182.